The van der Waals surface area contributed by atoms with Gasteiger partial charge < -0.3 is 14.3 Å². The van der Waals surface area contributed by atoms with Crippen molar-refractivity contribution < 1.29 is 4.74 Å². The smallest absolute Gasteiger partial charge is 0.177 e. The first-order valence-corrected chi connectivity index (χ1v) is 5.45. The number of H-pyrrole nitrogens is 1. The maximum atomic E-state index is 5.53. The summed E-state index contributed by atoms with van der Waals surface area (Å²) in [7, 11) is 0. The average molecular weight is 212 g/mol. The highest BCUT2D eigenvalue weighted by Gasteiger charge is 2.24. The van der Waals surface area contributed by atoms with E-state index in [4.69, 9.17) is 17.0 Å². The first-order chi connectivity index (χ1) is 6.66. The van der Waals surface area contributed by atoms with Crippen molar-refractivity contribution in [3.05, 3.63) is 16.7 Å². The third kappa shape index (κ3) is 1.91. The molecule has 0 spiro atoms. The summed E-state index contributed by atoms with van der Waals surface area (Å²) in [5.74, 6) is 0.608. The Bertz CT molecular complexity index is 368. The Hall–Kier alpha value is -0.610. The van der Waals surface area contributed by atoms with Crippen molar-refractivity contribution in [1.29, 1.82) is 0 Å². The number of hydrogen-bond acceptors (Lipinski definition) is 2. The van der Waals surface area contributed by atoms with Crippen molar-refractivity contribution in [3.63, 3.8) is 0 Å². The third-order valence-corrected chi connectivity index (χ3v) is 3.22. The van der Waals surface area contributed by atoms with Crippen LogP contribution in [0.4, 0.5) is 0 Å². The molecule has 2 atom stereocenters. The summed E-state index contributed by atoms with van der Waals surface area (Å²) in [6, 6.07) is 0. The Kier molecular flexibility index (Phi) is 2.74. The van der Waals surface area contributed by atoms with Gasteiger partial charge in [-0.2, -0.15) is 0 Å². The lowest BCUT2D eigenvalue weighted by atomic mass is 10.0. The van der Waals surface area contributed by atoms with Crippen LogP contribution in [-0.4, -0.2) is 22.3 Å². The van der Waals surface area contributed by atoms with Crippen molar-refractivity contribution in [3.8, 4) is 0 Å². The monoisotopic (exact) mass is 212 g/mol. The lowest BCUT2D eigenvalue weighted by molar-refractivity contribution is 0.101. The van der Waals surface area contributed by atoms with Gasteiger partial charge in [0.2, 0.25) is 0 Å². The van der Waals surface area contributed by atoms with E-state index in [0.29, 0.717) is 12.0 Å². The lowest BCUT2D eigenvalue weighted by Crippen LogP contribution is -2.17. The molecule has 4 heteroatoms. The number of aromatic amines is 1. The molecule has 0 bridgehead atoms. The van der Waals surface area contributed by atoms with Crippen LogP contribution in [0, 0.1) is 17.6 Å². The summed E-state index contributed by atoms with van der Waals surface area (Å²) in [6.07, 6.45) is 3.59. The van der Waals surface area contributed by atoms with Crippen LogP contribution in [0.25, 0.3) is 0 Å². The highest BCUT2D eigenvalue weighted by molar-refractivity contribution is 7.71. The first kappa shape index (κ1) is 9.93. The highest BCUT2D eigenvalue weighted by atomic mass is 32.1. The minimum Gasteiger partial charge on any atom is -0.378 e. The van der Waals surface area contributed by atoms with E-state index in [-0.39, 0.29) is 0 Å². The van der Waals surface area contributed by atoms with Gasteiger partial charge in [0.25, 0.3) is 0 Å². The summed E-state index contributed by atoms with van der Waals surface area (Å²) in [6.45, 7) is 6.04. The molecule has 1 aliphatic heterocycles. The lowest BCUT2D eigenvalue weighted by Gasteiger charge is -2.14. The number of aromatic nitrogens is 2. The molecule has 14 heavy (non-hydrogen) atoms. The molecule has 1 fully saturated rings. The topological polar surface area (TPSA) is 29.9 Å². The fourth-order valence-electron chi connectivity index (χ4n) is 1.97. The van der Waals surface area contributed by atoms with E-state index in [1.54, 1.807) is 0 Å². The zero-order valence-corrected chi connectivity index (χ0v) is 9.43. The summed E-state index contributed by atoms with van der Waals surface area (Å²) in [4.78, 5) is 3.13. The fourth-order valence-corrected chi connectivity index (χ4v) is 2.26. The van der Waals surface area contributed by atoms with Crippen molar-refractivity contribution in [2.75, 3.05) is 6.61 Å². The number of ether oxygens (including phenoxy) is 1. The van der Waals surface area contributed by atoms with Gasteiger partial charge in [-0.3, -0.25) is 0 Å². The number of hydrogen-bond donors (Lipinski definition) is 1. The van der Waals surface area contributed by atoms with Gasteiger partial charge in [-0.1, -0.05) is 0 Å². The minimum absolute atomic E-state index is 0.368. The van der Waals surface area contributed by atoms with Gasteiger partial charge in [0.1, 0.15) is 0 Å². The maximum Gasteiger partial charge on any atom is 0.177 e. The van der Waals surface area contributed by atoms with Crippen LogP contribution in [0.5, 0.6) is 0 Å². The Morgan fingerprint density at radius 3 is 3.00 bits per heavy atom. The van der Waals surface area contributed by atoms with E-state index in [1.165, 1.54) is 0 Å². The van der Waals surface area contributed by atoms with Crippen molar-refractivity contribution in [2.45, 2.75) is 32.9 Å². The molecule has 2 rings (SSSR count). The number of nitrogens with one attached hydrogen (secondary N) is 1. The molecule has 2 unspecified atom stereocenters. The maximum absolute atomic E-state index is 5.53. The molecule has 1 aromatic rings. The van der Waals surface area contributed by atoms with E-state index in [0.717, 1.165) is 30.0 Å². The molecule has 0 amide bonds. The van der Waals surface area contributed by atoms with Gasteiger partial charge in [-0.15, -0.1) is 0 Å². The molecule has 0 aromatic carbocycles. The van der Waals surface area contributed by atoms with E-state index in [1.807, 2.05) is 6.92 Å². The largest absolute Gasteiger partial charge is 0.378 e. The molecule has 0 radical (unpaired) electrons. The summed E-state index contributed by atoms with van der Waals surface area (Å²) >= 11 is 5.21. The van der Waals surface area contributed by atoms with E-state index in [9.17, 15) is 0 Å². The SMILES string of the molecule is Cc1cn(CC2CCOC2C)c(=S)[nH]1. The Morgan fingerprint density at radius 1 is 1.71 bits per heavy atom. The van der Waals surface area contributed by atoms with E-state index in [2.05, 4.69) is 22.7 Å². The highest BCUT2D eigenvalue weighted by Crippen LogP contribution is 2.22. The molecular formula is C10H16N2OS. The van der Waals surface area contributed by atoms with Crippen molar-refractivity contribution in [2.24, 2.45) is 5.92 Å². The molecule has 1 N–H and O–H groups in total. The molecule has 1 saturated heterocycles. The zero-order valence-electron chi connectivity index (χ0n) is 8.62. The van der Waals surface area contributed by atoms with E-state index < -0.39 is 0 Å². The first-order valence-electron chi connectivity index (χ1n) is 5.04. The van der Waals surface area contributed by atoms with Gasteiger partial charge in [0.15, 0.2) is 4.77 Å². The van der Waals surface area contributed by atoms with Crippen LogP contribution in [-0.2, 0) is 11.3 Å². The van der Waals surface area contributed by atoms with Crippen LogP contribution in [0.2, 0.25) is 0 Å². The molecule has 2 heterocycles. The molecule has 0 aliphatic carbocycles. The van der Waals surface area contributed by atoms with Crippen LogP contribution >= 0.6 is 12.2 Å². The Balaban J connectivity index is 2.10. The van der Waals surface area contributed by atoms with E-state index >= 15 is 0 Å². The molecule has 3 nitrogen and oxygen atoms in total. The summed E-state index contributed by atoms with van der Waals surface area (Å²) in [5, 5.41) is 0. The predicted molar refractivity (Wildman–Crippen MR) is 57.9 cm³/mol. The number of rotatable bonds is 2. The number of imidazole rings is 1. The average Bonchev–Trinajstić information content (AvgIpc) is 2.62. The van der Waals surface area contributed by atoms with Crippen LogP contribution < -0.4 is 0 Å². The van der Waals surface area contributed by atoms with Gasteiger partial charge in [-0.05, 0) is 32.5 Å². The van der Waals surface area contributed by atoms with Gasteiger partial charge in [-0.25, -0.2) is 0 Å². The zero-order chi connectivity index (χ0) is 10.1. The second-order valence-electron chi connectivity index (χ2n) is 4.02. The molecular weight excluding hydrogens is 196 g/mol. The second kappa shape index (κ2) is 3.87. The van der Waals surface area contributed by atoms with Crippen molar-refractivity contribution in [1.82, 2.24) is 9.55 Å². The standard InChI is InChI=1S/C10H16N2OS/c1-7-5-12(10(14)11-7)6-9-3-4-13-8(9)2/h5,8-9H,3-4,6H2,1-2H3,(H,11,14). The predicted octanol–water partition coefficient (Wildman–Crippen LogP) is 2.28. The molecule has 1 aliphatic rings. The van der Waals surface area contributed by atoms with Crippen LogP contribution in [0.3, 0.4) is 0 Å². The van der Waals surface area contributed by atoms with Gasteiger partial charge in [0.05, 0.1) is 6.10 Å². The third-order valence-electron chi connectivity index (χ3n) is 2.88. The van der Waals surface area contributed by atoms with Crippen LogP contribution in [0.15, 0.2) is 6.20 Å². The Morgan fingerprint density at radius 2 is 2.50 bits per heavy atom. The summed E-state index contributed by atoms with van der Waals surface area (Å²) in [5.41, 5.74) is 1.13. The normalized spacial score (nSPS) is 27.0. The van der Waals surface area contributed by atoms with Gasteiger partial charge >= 0.3 is 0 Å². The fraction of sp³-hybridized carbons (Fsp3) is 0.700. The molecule has 78 valence electrons. The molecule has 0 saturated carbocycles. The quantitative estimate of drug-likeness (QED) is 0.762. The summed E-state index contributed by atoms with van der Waals surface area (Å²) < 4.78 is 8.46. The number of aryl methyl sites for hydroxylation is 1. The second-order valence-corrected chi connectivity index (χ2v) is 4.41. The minimum atomic E-state index is 0.368. The molecule has 1 aromatic heterocycles. The van der Waals surface area contributed by atoms with Crippen molar-refractivity contribution >= 4 is 12.2 Å². The Labute approximate surface area is 89.1 Å². The van der Waals surface area contributed by atoms with Gasteiger partial charge in [0, 0.05) is 31.0 Å². The van der Waals surface area contributed by atoms with Crippen LogP contribution in [0.1, 0.15) is 19.0 Å². The number of nitrogens with zero attached hydrogens (tertiary/aromatic N) is 1.